The lowest BCUT2D eigenvalue weighted by Crippen LogP contribution is -2.37. The third-order valence-electron chi connectivity index (χ3n) is 3.57. The first kappa shape index (κ1) is 19.4. The number of carbonyl (C=O) groups excluding carboxylic acids is 3. The molecule has 0 aliphatic carbocycles. The van der Waals surface area contributed by atoms with Crippen LogP contribution >= 0.6 is 0 Å². The molecule has 5 amide bonds. The second kappa shape index (κ2) is 8.99. The van der Waals surface area contributed by atoms with Crippen LogP contribution in [-0.4, -0.2) is 29.0 Å². The number of nitrogens with two attached hydrogens (primary N) is 1. The maximum Gasteiger partial charge on any atom is 0.330 e. The van der Waals surface area contributed by atoms with E-state index in [9.17, 15) is 19.2 Å². The minimum atomic E-state index is -1.14. The summed E-state index contributed by atoms with van der Waals surface area (Å²) < 4.78 is 0. The van der Waals surface area contributed by atoms with Crippen molar-refractivity contribution in [1.82, 2.24) is 16.0 Å². The Balaban J connectivity index is 0.000000194. The van der Waals surface area contributed by atoms with Crippen molar-refractivity contribution >= 4 is 23.9 Å². The molecular formula is C18H18N4O5. The van der Waals surface area contributed by atoms with Gasteiger partial charge in [0.15, 0.2) is 6.04 Å². The Morgan fingerprint density at radius 2 is 1.56 bits per heavy atom. The van der Waals surface area contributed by atoms with Crippen LogP contribution in [0.5, 0.6) is 0 Å². The molecule has 1 saturated heterocycles. The van der Waals surface area contributed by atoms with E-state index >= 15 is 0 Å². The molecule has 140 valence electrons. The Kier molecular flexibility index (Phi) is 6.48. The van der Waals surface area contributed by atoms with Crippen molar-refractivity contribution in [3.05, 3.63) is 71.8 Å². The van der Waals surface area contributed by atoms with E-state index in [4.69, 9.17) is 10.8 Å². The molecule has 2 unspecified atom stereocenters. The number of benzene rings is 2. The molecule has 9 nitrogen and oxygen atoms in total. The third kappa shape index (κ3) is 5.56. The molecule has 2 atom stereocenters. The van der Waals surface area contributed by atoms with Crippen LogP contribution in [0.4, 0.5) is 9.59 Å². The number of nitrogens with one attached hydrogen (secondary N) is 3. The van der Waals surface area contributed by atoms with Gasteiger partial charge in [-0.1, -0.05) is 60.7 Å². The average Bonchev–Trinajstić information content (AvgIpc) is 2.99. The summed E-state index contributed by atoms with van der Waals surface area (Å²) in [4.78, 5) is 43.3. The first-order valence-corrected chi connectivity index (χ1v) is 7.88. The van der Waals surface area contributed by atoms with Crippen LogP contribution in [0.1, 0.15) is 23.2 Å². The lowest BCUT2D eigenvalue weighted by atomic mass is 10.1. The van der Waals surface area contributed by atoms with Crippen molar-refractivity contribution in [1.29, 1.82) is 0 Å². The number of carboxylic acid groups (broad SMARTS) is 1. The van der Waals surface area contributed by atoms with Crippen LogP contribution < -0.4 is 21.7 Å². The number of hydrogen-bond donors (Lipinski definition) is 5. The molecule has 6 N–H and O–H groups in total. The van der Waals surface area contributed by atoms with Gasteiger partial charge in [-0.05, 0) is 11.1 Å². The van der Waals surface area contributed by atoms with E-state index in [1.807, 2.05) is 18.2 Å². The Morgan fingerprint density at radius 3 is 2.00 bits per heavy atom. The smallest absolute Gasteiger partial charge is 0.330 e. The van der Waals surface area contributed by atoms with Gasteiger partial charge in [0.1, 0.15) is 6.04 Å². The summed E-state index contributed by atoms with van der Waals surface area (Å²) in [6.07, 6.45) is 0. The molecule has 1 aliphatic rings. The summed E-state index contributed by atoms with van der Waals surface area (Å²) >= 11 is 0. The summed E-state index contributed by atoms with van der Waals surface area (Å²) in [6, 6.07) is 14.5. The predicted octanol–water partition coefficient (Wildman–Crippen LogP) is 1.05. The second-order valence-corrected chi connectivity index (χ2v) is 5.50. The molecule has 2 aromatic carbocycles. The lowest BCUT2D eigenvalue weighted by Gasteiger charge is -2.12. The van der Waals surface area contributed by atoms with Crippen molar-refractivity contribution in [2.45, 2.75) is 12.1 Å². The monoisotopic (exact) mass is 370 g/mol. The van der Waals surface area contributed by atoms with Gasteiger partial charge < -0.3 is 21.5 Å². The molecule has 0 aromatic heterocycles. The molecule has 2 aromatic rings. The summed E-state index contributed by atoms with van der Waals surface area (Å²) in [5.74, 6) is -1.44. The van der Waals surface area contributed by atoms with Gasteiger partial charge >= 0.3 is 18.0 Å². The normalized spacial score (nSPS) is 16.2. The van der Waals surface area contributed by atoms with E-state index in [0.29, 0.717) is 5.56 Å². The molecule has 1 fully saturated rings. The van der Waals surface area contributed by atoms with Crippen molar-refractivity contribution in [3.8, 4) is 0 Å². The maximum atomic E-state index is 11.2. The van der Waals surface area contributed by atoms with E-state index in [1.165, 1.54) is 0 Å². The van der Waals surface area contributed by atoms with Gasteiger partial charge in [-0.2, -0.15) is 0 Å². The summed E-state index contributed by atoms with van der Waals surface area (Å²) in [7, 11) is 0. The Morgan fingerprint density at radius 1 is 1.00 bits per heavy atom. The van der Waals surface area contributed by atoms with Gasteiger partial charge in [0, 0.05) is 0 Å². The highest BCUT2D eigenvalue weighted by Gasteiger charge is 2.30. The van der Waals surface area contributed by atoms with Crippen LogP contribution in [-0.2, 0) is 9.59 Å². The summed E-state index contributed by atoms with van der Waals surface area (Å²) in [5, 5.41) is 15.6. The fourth-order valence-electron chi connectivity index (χ4n) is 2.37. The second-order valence-electron chi connectivity index (χ2n) is 5.50. The van der Waals surface area contributed by atoms with Gasteiger partial charge in [0.25, 0.3) is 5.91 Å². The highest BCUT2D eigenvalue weighted by atomic mass is 16.4. The Labute approximate surface area is 154 Å². The van der Waals surface area contributed by atoms with Crippen molar-refractivity contribution in [2.75, 3.05) is 0 Å². The number of urea groups is 2. The van der Waals surface area contributed by atoms with E-state index in [1.54, 1.807) is 42.5 Å². The van der Waals surface area contributed by atoms with Gasteiger partial charge in [0.05, 0.1) is 0 Å². The molecule has 3 rings (SSSR count). The molecule has 1 heterocycles. The maximum absolute atomic E-state index is 11.2. The van der Waals surface area contributed by atoms with Gasteiger partial charge in [-0.25, -0.2) is 14.4 Å². The minimum Gasteiger partial charge on any atom is -0.479 e. The number of carbonyl (C=O) groups is 4. The predicted molar refractivity (Wildman–Crippen MR) is 95.4 cm³/mol. The molecule has 9 heteroatoms. The molecule has 0 spiro atoms. The molecule has 1 aliphatic heterocycles. The van der Waals surface area contributed by atoms with Crippen LogP contribution in [0.2, 0.25) is 0 Å². The van der Waals surface area contributed by atoms with Gasteiger partial charge in [-0.15, -0.1) is 0 Å². The number of carboxylic acids is 1. The van der Waals surface area contributed by atoms with Crippen molar-refractivity contribution < 1.29 is 24.3 Å². The number of primary amides is 1. The van der Waals surface area contributed by atoms with Crippen LogP contribution in [0.3, 0.4) is 0 Å². The van der Waals surface area contributed by atoms with E-state index in [0.717, 1.165) is 5.56 Å². The van der Waals surface area contributed by atoms with Crippen molar-refractivity contribution in [3.63, 3.8) is 0 Å². The summed E-state index contributed by atoms with van der Waals surface area (Å²) in [6.45, 7) is 0. The highest BCUT2D eigenvalue weighted by molar-refractivity contribution is 6.04. The number of aliphatic carboxylic acids is 1. The largest absolute Gasteiger partial charge is 0.479 e. The Bertz CT molecular complexity index is 826. The SMILES string of the molecule is NC(=O)NC(C(=O)O)c1ccccc1.O=C1NC(=O)C(c2ccccc2)N1. The first-order valence-electron chi connectivity index (χ1n) is 7.88. The zero-order valence-electron chi connectivity index (χ0n) is 14.1. The molecule has 0 bridgehead atoms. The quantitative estimate of drug-likeness (QED) is 0.510. The van der Waals surface area contributed by atoms with Crippen LogP contribution in [0.25, 0.3) is 0 Å². The van der Waals surface area contributed by atoms with E-state index in [-0.39, 0.29) is 5.91 Å². The van der Waals surface area contributed by atoms with Crippen molar-refractivity contribution in [2.24, 2.45) is 5.73 Å². The Hall–Kier alpha value is -3.88. The number of imide groups is 1. The summed E-state index contributed by atoms with van der Waals surface area (Å²) in [5.41, 5.74) is 6.14. The standard InChI is InChI=1S/C9H10N2O3.C9H8N2O2/c10-9(14)11-7(8(12)13)6-4-2-1-3-5-6;12-8-7(10-9(13)11-8)6-4-2-1-3-5-6/h1-5,7H,(H,12,13)(H3,10,11,14);1-5,7H,(H2,10,11,12,13). The van der Waals surface area contributed by atoms with Gasteiger partial charge in [0.2, 0.25) is 0 Å². The fraction of sp³-hybridized carbons (Fsp3) is 0.111. The number of amides is 5. The number of hydrogen-bond acceptors (Lipinski definition) is 4. The first-order chi connectivity index (χ1) is 12.9. The molecule has 0 radical (unpaired) electrons. The average molecular weight is 370 g/mol. The zero-order chi connectivity index (χ0) is 19.8. The zero-order valence-corrected chi connectivity index (χ0v) is 14.1. The third-order valence-corrected chi connectivity index (χ3v) is 3.57. The minimum absolute atomic E-state index is 0.295. The topological polar surface area (TPSA) is 151 Å². The lowest BCUT2D eigenvalue weighted by molar-refractivity contribution is -0.139. The number of rotatable bonds is 4. The van der Waals surface area contributed by atoms with E-state index in [2.05, 4.69) is 16.0 Å². The van der Waals surface area contributed by atoms with Crippen LogP contribution in [0, 0.1) is 0 Å². The molecule has 0 saturated carbocycles. The van der Waals surface area contributed by atoms with Crippen LogP contribution in [0.15, 0.2) is 60.7 Å². The molecular weight excluding hydrogens is 352 g/mol. The molecule has 27 heavy (non-hydrogen) atoms. The van der Waals surface area contributed by atoms with E-state index < -0.39 is 30.1 Å². The highest BCUT2D eigenvalue weighted by Crippen LogP contribution is 2.15. The van der Waals surface area contributed by atoms with Gasteiger partial charge in [-0.3, -0.25) is 10.1 Å². The fourth-order valence-corrected chi connectivity index (χ4v) is 2.37.